The van der Waals surface area contributed by atoms with Gasteiger partial charge in [-0.1, -0.05) is 19.3 Å². The Kier molecular flexibility index (Phi) is 2.95. The van der Waals surface area contributed by atoms with Gasteiger partial charge in [-0.25, -0.2) is 0 Å². The first-order valence-corrected chi connectivity index (χ1v) is 5.70. The molecule has 0 atom stereocenters. The van der Waals surface area contributed by atoms with Crippen molar-refractivity contribution < 1.29 is 0 Å². The molecule has 15 heavy (non-hydrogen) atoms. The highest BCUT2D eigenvalue weighted by molar-refractivity contribution is 5.32. The van der Waals surface area contributed by atoms with E-state index in [1.165, 1.54) is 19.3 Å². The van der Waals surface area contributed by atoms with E-state index < -0.39 is 0 Å². The summed E-state index contributed by atoms with van der Waals surface area (Å²) in [5.74, 6) is 0.924. The minimum absolute atomic E-state index is 0.0181. The molecule has 0 amide bonds. The van der Waals surface area contributed by atoms with E-state index in [1.54, 1.807) is 4.68 Å². The highest BCUT2D eigenvalue weighted by Gasteiger charge is 2.27. The molecule has 0 spiro atoms. The van der Waals surface area contributed by atoms with E-state index in [0.29, 0.717) is 0 Å². The summed E-state index contributed by atoms with van der Waals surface area (Å²) in [6, 6.07) is 1.98. The molecule has 4 nitrogen and oxygen atoms in total. The third-order valence-electron chi connectivity index (χ3n) is 3.18. The first-order valence-electron chi connectivity index (χ1n) is 5.70. The van der Waals surface area contributed by atoms with Crippen LogP contribution in [0, 0.1) is 0 Å². The van der Waals surface area contributed by atoms with Gasteiger partial charge >= 0.3 is 0 Å². The van der Waals surface area contributed by atoms with Crippen molar-refractivity contribution in [1.29, 1.82) is 0 Å². The Bertz CT molecular complexity index is 312. The van der Waals surface area contributed by atoms with Crippen LogP contribution in [0.25, 0.3) is 0 Å². The zero-order valence-electron chi connectivity index (χ0n) is 9.37. The summed E-state index contributed by atoms with van der Waals surface area (Å²) in [5.41, 5.74) is 6.30. The lowest BCUT2D eigenvalue weighted by molar-refractivity contribution is 0.311. The Hall–Kier alpha value is -1.03. The van der Waals surface area contributed by atoms with Crippen molar-refractivity contribution in [1.82, 2.24) is 9.78 Å². The zero-order chi connectivity index (χ0) is 10.7. The fourth-order valence-electron chi connectivity index (χ4n) is 2.21. The monoisotopic (exact) mass is 208 g/mol. The van der Waals surface area contributed by atoms with Crippen LogP contribution in [0.3, 0.4) is 0 Å². The topological polar surface area (TPSA) is 55.9 Å². The number of rotatable bonds is 3. The summed E-state index contributed by atoms with van der Waals surface area (Å²) in [5, 5.41) is 7.59. The van der Waals surface area contributed by atoms with E-state index in [-0.39, 0.29) is 5.54 Å². The van der Waals surface area contributed by atoms with E-state index in [4.69, 9.17) is 5.73 Å². The summed E-state index contributed by atoms with van der Waals surface area (Å²) in [4.78, 5) is 0. The smallest absolute Gasteiger partial charge is 0.148 e. The summed E-state index contributed by atoms with van der Waals surface area (Å²) >= 11 is 0. The van der Waals surface area contributed by atoms with Crippen molar-refractivity contribution in [3.63, 3.8) is 0 Å². The van der Waals surface area contributed by atoms with Gasteiger partial charge in [0, 0.05) is 31.4 Å². The van der Waals surface area contributed by atoms with Gasteiger partial charge in [-0.15, -0.1) is 0 Å². The Balaban J connectivity index is 1.86. The Labute approximate surface area is 90.8 Å². The number of aryl methyl sites for hydroxylation is 1. The molecule has 0 bridgehead atoms. The SMILES string of the molecule is Cn1ccc(NCC2(N)CCCCC2)n1. The van der Waals surface area contributed by atoms with Gasteiger partial charge in [0.1, 0.15) is 5.82 Å². The molecule has 0 unspecified atom stereocenters. The van der Waals surface area contributed by atoms with Gasteiger partial charge in [-0.3, -0.25) is 4.68 Å². The molecule has 0 aliphatic heterocycles. The quantitative estimate of drug-likeness (QED) is 0.791. The molecule has 1 aliphatic carbocycles. The Morgan fingerprint density at radius 2 is 2.20 bits per heavy atom. The molecule has 1 saturated carbocycles. The number of anilines is 1. The van der Waals surface area contributed by atoms with E-state index >= 15 is 0 Å². The maximum Gasteiger partial charge on any atom is 0.148 e. The van der Waals surface area contributed by atoms with Crippen LogP contribution >= 0.6 is 0 Å². The highest BCUT2D eigenvalue weighted by atomic mass is 15.3. The second kappa shape index (κ2) is 4.23. The maximum absolute atomic E-state index is 6.32. The first-order chi connectivity index (χ1) is 7.18. The Morgan fingerprint density at radius 3 is 2.80 bits per heavy atom. The third kappa shape index (κ3) is 2.72. The van der Waals surface area contributed by atoms with E-state index in [2.05, 4.69) is 10.4 Å². The standard InChI is InChI=1S/C11H20N4/c1-15-8-5-10(14-15)13-9-11(12)6-3-2-4-7-11/h5,8H,2-4,6-7,9,12H2,1H3,(H,13,14). The summed E-state index contributed by atoms with van der Waals surface area (Å²) in [6.45, 7) is 0.837. The molecule has 1 aromatic rings. The zero-order valence-corrected chi connectivity index (χ0v) is 9.37. The molecule has 1 heterocycles. The van der Waals surface area contributed by atoms with Crippen LogP contribution in [0.2, 0.25) is 0 Å². The lowest BCUT2D eigenvalue weighted by Gasteiger charge is -2.33. The van der Waals surface area contributed by atoms with Crippen molar-refractivity contribution in [2.45, 2.75) is 37.6 Å². The predicted molar refractivity (Wildman–Crippen MR) is 61.7 cm³/mol. The molecule has 1 aliphatic rings. The predicted octanol–water partition coefficient (Wildman–Crippen LogP) is 1.49. The van der Waals surface area contributed by atoms with Crippen LogP contribution in [0.5, 0.6) is 0 Å². The highest BCUT2D eigenvalue weighted by Crippen LogP contribution is 2.25. The van der Waals surface area contributed by atoms with Crippen LogP contribution in [-0.2, 0) is 7.05 Å². The van der Waals surface area contributed by atoms with Crippen LogP contribution in [0.1, 0.15) is 32.1 Å². The fourth-order valence-corrected chi connectivity index (χ4v) is 2.21. The molecule has 0 radical (unpaired) electrons. The minimum atomic E-state index is -0.0181. The van der Waals surface area contributed by atoms with Crippen LogP contribution in [0.15, 0.2) is 12.3 Å². The number of nitrogens with zero attached hydrogens (tertiary/aromatic N) is 2. The summed E-state index contributed by atoms with van der Waals surface area (Å²) in [7, 11) is 1.92. The van der Waals surface area contributed by atoms with E-state index in [0.717, 1.165) is 25.2 Å². The van der Waals surface area contributed by atoms with Gasteiger partial charge in [-0.05, 0) is 12.8 Å². The van der Waals surface area contributed by atoms with Crippen molar-refractivity contribution in [3.05, 3.63) is 12.3 Å². The minimum Gasteiger partial charge on any atom is -0.367 e. The average Bonchev–Trinajstić information content (AvgIpc) is 2.63. The van der Waals surface area contributed by atoms with Gasteiger partial charge in [0.15, 0.2) is 0 Å². The van der Waals surface area contributed by atoms with Crippen LogP contribution in [-0.4, -0.2) is 21.9 Å². The summed E-state index contributed by atoms with van der Waals surface area (Å²) in [6.07, 6.45) is 8.06. The second-order valence-electron chi connectivity index (χ2n) is 4.65. The average molecular weight is 208 g/mol. The first kappa shape index (κ1) is 10.5. The van der Waals surface area contributed by atoms with Gasteiger partial charge in [0.05, 0.1) is 0 Å². The summed E-state index contributed by atoms with van der Waals surface area (Å²) < 4.78 is 1.80. The van der Waals surface area contributed by atoms with Gasteiger partial charge in [0.2, 0.25) is 0 Å². The Morgan fingerprint density at radius 1 is 1.47 bits per heavy atom. The molecule has 1 aromatic heterocycles. The van der Waals surface area contributed by atoms with Crippen molar-refractivity contribution in [2.24, 2.45) is 12.8 Å². The fraction of sp³-hybridized carbons (Fsp3) is 0.727. The normalized spacial score (nSPS) is 20.1. The molecule has 4 heteroatoms. The van der Waals surface area contributed by atoms with Crippen molar-refractivity contribution in [3.8, 4) is 0 Å². The van der Waals surface area contributed by atoms with Crippen molar-refractivity contribution >= 4 is 5.82 Å². The molecule has 0 aromatic carbocycles. The number of nitrogens with one attached hydrogen (secondary N) is 1. The van der Waals surface area contributed by atoms with E-state index in [1.807, 2.05) is 19.3 Å². The van der Waals surface area contributed by atoms with Crippen LogP contribution in [0.4, 0.5) is 5.82 Å². The molecular weight excluding hydrogens is 188 g/mol. The molecule has 1 fully saturated rings. The van der Waals surface area contributed by atoms with Gasteiger partial charge in [0.25, 0.3) is 0 Å². The third-order valence-corrected chi connectivity index (χ3v) is 3.18. The molecule has 84 valence electrons. The van der Waals surface area contributed by atoms with Crippen molar-refractivity contribution in [2.75, 3.05) is 11.9 Å². The molecular formula is C11H20N4. The number of aromatic nitrogens is 2. The molecule has 3 N–H and O–H groups in total. The number of hydrogen-bond acceptors (Lipinski definition) is 3. The largest absolute Gasteiger partial charge is 0.367 e. The molecule has 0 saturated heterocycles. The van der Waals surface area contributed by atoms with E-state index in [9.17, 15) is 0 Å². The van der Waals surface area contributed by atoms with Crippen LogP contribution < -0.4 is 11.1 Å². The van der Waals surface area contributed by atoms with Gasteiger partial charge < -0.3 is 11.1 Å². The lowest BCUT2D eigenvalue weighted by atomic mass is 9.82. The number of hydrogen-bond donors (Lipinski definition) is 2. The van der Waals surface area contributed by atoms with Gasteiger partial charge in [-0.2, -0.15) is 5.10 Å². The maximum atomic E-state index is 6.32. The lowest BCUT2D eigenvalue weighted by Crippen LogP contribution is -2.47. The second-order valence-corrected chi connectivity index (χ2v) is 4.65. The number of nitrogens with two attached hydrogens (primary N) is 1. The molecule has 2 rings (SSSR count).